The summed E-state index contributed by atoms with van der Waals surface area (Å²) in [4.78, 5) is 38.3. The molecule has 0 aliphatic carbocycles. The lowest BCUT2D eigenvalue weighted by atomic mass is 10.1. The smallest absolute Gasteiger partial charge is 0.340 e. The van der Waals surface area contributed by atoms with Gasteiger partial charge in [0.25, 0.3) is 11.8 Å². The third-order valence-electron chi connectivity index (χ3n) is 4.58. The van der Waals surface area contributed by atoms with E-state index in [2.05, 4.69) is 0 Å². The molecule has 1 aliphatic rings. The van der Waals surface area contributed by atoms with Crippen molar-refractivity contribution in [2.45, 2.75) is 6.61 Å². The van der Waals surface area contributed by atoms with Crippen LogP contribution >= 0.6 is 0 Å². The maximum atomic E-state index is 12.6. The molecule has 0 radical (unpaired) electrons. The Balaban J connectivity index is 1.43. The molecule has 0 N–H and O–H groups in total. The van der Waals surface area contributed by atoms with Gasteiger partial charge < -0.3 is 9.47 Å². The average Bonchev–Trinajstić information content (AvgIpc) is 3.01. The fourth-order valence-electron chi connectivity index (χ4n) is 3.08. The first-order valence-corrected chi connectivity index (χ1v) is 9.03. The summed E-state index contributed by atoms with van der Waals surface area (Å²) in [5.41, 5.74) is 1.58. The number of carbonyl (C=O) groups is 3. The van der Waals surface area contributed by atoms with Crippen LogP contribution in [0.25, 0.3) is 0 Å². The van der Waals surface area contributed by atoms with Crippen LogP contribution in [0.4, 0.5) is 0 Å². The number of nitrogens with zero attached hydrogens (tertiary/aromatic N) is 1. The summed E-state index contributed by atoms with van der Waals surface area (Å²) in [6, 6.07) is 22.7. The minimum absolute atomic E-state index is 0.183. The van der Waals surface area contributed by atoms with Gasteiger partial charge in [0.2, 0.25) is 0 Å². The van der Waals surface area contributed by atoms with Crippen molar-refractivity contribution >= 4 is 17.8 Å². The monoisotopic (exact) mass is 387 g/mol. The van der Waals surface area contributed by atoms with Gasteiger partial charge in [0.15, 0.2) is 6.73 Å². The highest BCUT2D eigenvalue weighted by molar-refractivity contribution is 6.21. The van der Waals surface area contributed by atoms with Gasteiger partial charge in [-0.2, -0.15) is 0 Å². The second-order valence-electron chi connectivity index (χ2n) is 6.40. The number of hydrogen-bond donors (Lipinski definition) is 0. The largest absolute Gasteiger partial charge is 0.489 e. The Hall–Kier alpha value is -3.93. The molecule has 29 heavy (non-hydrogen) atoms. The van der Waals surface area contributed by atoms with E-state index in [-0.39, 0.29) is 6.61 Å². The lowest BCUT2D eigenvalue weighted by Gasteiger charge is -2.15. The summed E-state index contributed by atoms with van der Waals surface area (Å²) < 4.78 is 11.0. The summed E-state index contributed by atoms with van der Waals surface area (Å²) in [6.07, 6.45) is 0. The normalized spacial score (nSPS) is 12.6. The minimum atomic E-state index is -0.631. The van der Waals surface area contributed by atoms with Gasteiger partial charge in [0.1, 0.15) is 12.4 Å². The van der Waals surface area contributed by atoms with Gasteiger partial charge in [-0.1, -0.05) is 48.5 Å². The van der Waals surface area contributed by atoms with Gasteiger partial charge in [-0.05, 0) is 30.3 Å². The van der Waals surface area contributed by atoms with Gasteiger partial charge >= 0.3 is 5.97 Å². The van der Waals surface area contributed by atoms with E-state index in [0.717, 1.165) is 4.90 Å². The Morgan fingerprint density at radius 3 is 2.03 bits per heavy atom. The van der Waals surface area contributed by atoms with E-state index in [4.69, 9.17) is 9.47 Å². The first-order valence-electron chi connectivity index (χ1n) is 9.03. The van der Waals surface area contributed by atoms with Gasteiger partial charge in [0, 0.05) is 5.56 Å². The predicted molar refractivity (Wildman–Crippen MR) is 104 cm³/mol. The molecule has 2 amide bonds. The fraction of sp³-hybridized carbons (Fsp3) is 0.0870. The summed E-state index contributed by atoms with van der Waals surface area (Å²) >= 11 is 0. The molecule has 1 aliphatic heterocycles. The lowest BCUT2D eigenvalue weighted by Crippen LogP contribution is -2.33. The molecule has 1 heterocycles. The maximum Gasteiger partial charge on any atom is 0.340 e. The standard InChI is InChI=1S/C23H17NO5/c25-21-19-12-6-7-13-20(19)22(26)24(21)15-29-23(27)18-11-5-4-8-16(18)14-28-17-9-2-1-3-10-17/h1-13H,14-15H2. The van der Waals surface area contributed by atoms with Gasteiger partial charge in [0.05, 0.1) is 16.7 Å². The summed E-state index contributed by atoms with van der Waals surface area (Å²) in [5.74, 6) is -0.895. The van der Waals surface area contributed by atoms with Crippen molar-refractivity contribution in [1.82, 2.24) is 4.90 Å². The number of imide groups is 1. The van der Waals surface area contributed by atoms with Crippen LogP contribution in [0.15, 0.2) is 78.9 Å². The van der Waals surface area contributed by atoms with E-state index >= 15 is 0 Å². The molecule has 6 nitrogen and oxygen atoms in total. The molecule has 4 rings (SSSR count). The zero-order valence-corrected chi connectivity index (χ0v) is 15.4. The van der Waals surface area contributed by atoms with Crippen molar-refractivity contribution in [3.63, 3.8) is 0 Å². The van der Waals surface area contributed by atoms with Crippen molar-refractivity contribution in [2.24, 2.45) is 0 Å². The molecular weight excluding hydrogens is 370 g/mol. The van der Waals surface area contributed by atoms with Crippen LogP contribution in [0.5, 0.6) is 5.75 Å². The SMILES string of the molecule is O=C(OCN1C(=O)c2ccccc2C1=O)c1ccccc1COc1ccccc1. The lowest BCUT2D eigenvalue weighted by molar-refractivity contribution is 0.0226. The second kappa shape index (κ2) is 7.98. The summed E-state index contributed by atoms with van der Waals surface area (Å²) in [5, 5.41) is 0. The number of amides is 2. The van der Waals surface area contributed by atoms with E-state index < -0.39 is 24.5 Å². The van der Waals surface area contributed by atoms with Crippen LogP contribution in [-0.4, -0.2) is 29.4 Å². The first-order chi connectivity index (χ1) is 14.1. The number of rotatable bonds is 6. The highest BCUT2D eigenvalue weighted by Gasteiger charge is 2.35. The molecule has 3 aromatic carbocycles. The van der Waals surface area contributed by atoms with Gasteiger partial charge in [-0.25, -0.2) is 9.69 Å². The highest BCUT2D eigenvalue weighted by atomic mass is 16.5. The Bertz CT molecular complexity index is 1040. The topological polar surface area (TPSA) is 72.9 Å². The van der Waals surface area contributed by atoms with Crippen molar-refractivity contribution in [2.75, 3.05) is 6.73 Å². The predicted octanol–water partition coefficient (Wildman–Crippen LogP) is 3.68. The van der Waals surface area contributed by atoms with E-state index in [1.165, 1.54) is 0 Å². The number of benzene rings is 3. The first kappa shape index (κ1) is 18.4. The van der Waals surface area contributed by atoms with Crippen LogP contribution < -0.4 is 4.74 Å². The van der Waals surface area contributed by atoms with Crippen molar-refractivity contribution in [3.05, 3.63) is 101 Å². The summed E-state index contributed by atoms with van der Waals surface area (Å²) in [6.45, 7) is -0.263. The van der Waals surface area contributed by atoms with Crippen molar-refractivity contribution in [3.8, 4) is 5.75 Å². The molecule has 0 atom stereocenters. The van der Waals surface area contributed by atoms with E-state index in [0.29, 0.717) is 28.0 Å². The third kappa shape index (κ3) is 3.73. The number of fused-ring (bicyclic) bond motifs is 1. The zero-order valence-electron chi connectivity index (χ0n) is 15.4. The summed E-state index contributed by atoms with van der Waals surface area (Å²) in [7, 11) is 0. The molecular formula is C23H17NO5. The molecule has 6 heteroatoms. The minimum Gasteiger partial charge on any atom is -0.489 e. The maximum absolute atomic E-state index is 12.6. The Labute approximate surface area is 167 Å². The molecule has 0 unspecified atom stereocenters. The Morgan fingerprint density at radius 1 is 0.759 bits per heavy atom. The molecule has 0 saturated heterocycles. The zero-order chi connectivity index (χ0) is 20.2. The molecule has 0 fully saturated rings. The molecule has 144 valence electrons. The quantitative estimate of drug-likeness (QED) is 0.477. The average molecular weight is 387 g/mol. The number of hydrogen-bond acceptors (Lipinski definition) is 5. The highest BCUT2D eigenvalue weighted by Crippen LogP contribution is 2.22. The number of esters is 1. The van der Waals surface area contributed by atoms with Gasteiger partial charge in [-0.15, -0.1) is 0 Å². The van der Waals surface area contributed by atoms with E-state index in [1.54, 1.807) is 48.5 Å². The second-order valence-corrected chi connectivity index (χ2v) is 6.40. The van der Waals surface area contributed by atoms with Crippen molar-refractivity contribution < 1.29 is 23.9 Å². The third-order valence-corrected chi connectivity index (χ3v) is 4.58. The Morgan fingerprint density at radius 2 is 1.34 bits per heavy atom. The Kier molecular flexibility index (Phi) is 5.07. The molecule has 0 saturated carbocycles. The molecule has 0 aromatic heterocycles. The van der Waals surface area contributed by atoms with Crippen LogP contribution in [0.1, 0.15) is 36.6 Å². The van der Waals surface area contributed by atoms with Crippen LogP contribution in [-0.2, 0) is 11.3 Å². The number of ether oxygens (including phenoxy) is 2. The van der Waals surface area contributed by atoms with Gasteiger partial charge in [-0.3, -0.25) is 9.59 Å². The van der Waals surface area contributed by atoms with Crippen LogP contribution in [0.3, 0.4) is 0 Å². The number of carbonyl (C=O) groups excluding carboxylic acids is 3. The molecule has 3 aromatic rings. The fourth-order valence-corrected chi connectivity index (χ4v) is 3.08. The molecule has 0 spiro atoms. The van der Waals surface area contributed by atoms with E-state index in [1.807, 2.05) is 30.3 Å². The van der Waals surface area contributed by atoms with Crippen LogP contribution in [0.2, 0.25) is 0 Å². The molecule has 0 bridgehead atoms. The van der Waals surface area contributed by atoms with E-state index in [9.17, 15) is 14.4 Å². The van der Waals surface area contributed by atoms with Crippen LogP contribution in [0, 0.1) is 0 Å². The number of para-hydroxylation sites is 1. The van der Waals surface area contributed by atoms with Crippen molar-refractivity contribution in [1.29, 1.82) is 0 Å².